The van der Waals surface area contributed by atoms with E-state index in [0.29, 0.717) is 27.2 Å². The largest absolute Gasteiger partial charge is 0.381 e. The van der Waals surface area contributed by atoms with Crippen molar-refractivity contribution in [1.82, 2.24) is 0 Å². The third-order valence-corrected chi connectivity index (χ3v) is 3.64. The van der Waals surface area contributed by atoms with E-state index >= 15 is 0 Å². The van der Waals surface area contributed by atoms with Crippen molar-refractivity contribution in [2.75, 3.05) is 5.32 Å². The Labute approximate surface area is 126 Å². The maximum absolute atomic E-state index is 8.80. The number of anilines is 1. The van der Waals surface area contributed by atoms with Crippen LogP contribution in [0.2, 0.25) is 15.1 Å². The normalized spacial score (nSPS) is 10.0. The Kier molecular flexibility index (Phi) is 4.55. The molecule has 0 fully saturated rings. The lowest BCUT2D eigenvalue weighted by atomic mass is 10.2. The Morgan fingerprint density at radius 1 is 1.00 bits per heavy atom. The highest BCUT2D eigenvalue weighted by molar-refractivity contribution is 6.36. The lowest BCUT2D eigenvalue weighted by Gasteiger charge is -2.10. The van der Waals surface area contributed by atoms with E-state index < -0.39 is 0 Å². The van der Waals surface area contributed by atoms with Crippen molar-refractivity contribution < 1.29 is 0 Å². The number of nitrogens with zero attached hydrogens (tertiary/aromatic N) is 1. The lowest BCUT2D eigenvalue weighted by Crippen LogP contribution is -2.01. The first-order chi connectivity index (χ1) is 9.11. The van der Waals surface area contributed by atoms with Gasteiger partial charge in [-0.2, -0.15) is 5.26 Å². The van der Waals surface area contributed by atoms with Crippen LogP contribution in [0, 0.1) is 11.3 Å². The number of nitrogens with one attached hydrogen (secondary N) is 1. The zero-order chi connectivity index (χ0) is 13.8. The van der Waals surface area contributed by atoms with Crippen molar-refractivity contribution in [3.05, 3.63) is 62.6 Å². The highest BCUT2D eigenvalue weighted by atomic mass is 35.5. The molecule has 2 rings (SSSR count). The Morgan fingerprint density at radius 2 is 1.68 bits per heavy atom. The smallest absolute Gasteiger partial charge is 0.101 e. The summed E-state index contributed by atoms with van der Waals surface area (Å²) in [5, 5.41) is 13.6. The average molecular weight is 312 g/mol. The summed E-state index contributed by atoms with van der Waals surface area (Å²) in [4.78, 5) is 0. The van der Waals surface area contributed by atoms with E-state index in [2.05, 4.69) is 5.32 Å². The molecule has 0 heterocycles. The predicted octanol–water partition coefficient (Wildman–Crippen LogP) is 5.13. The number of hydrogen-bond donors (Lipinski definition) is 1. The van der Waals surface area contributed by atoms with Gasteiger partial charge in [0.2, 0.25) is 0 Å². The quantitative estimate of drug-likeness (QED) is 0.853. The summed E-state index contributed by atoms with van der Waals surface area (Å²) < 4.78 is 0. The molecule has 2 aromatic carbocycles. The van der Waals surface area contributed by atoms with Gasteiger partial charge < -0.3 is 5.32 Å². The fraction of sp³-hybridized carbons (Fsp3) is 0.0714. The minimum atomic E-state index is 0.415. The fourth-order valence-electron chi connectivity index (χ4n) is 1.61. The molecule has 1 N–H and O–H groups in total. The van der Waals surface area contributed by atoms with Gasteiger partial charge in [-0.3, -0.25) is 0 Å². The molecule has 0 bridgehead atoms. The summed E-state index contributed by atoms with van der Waals surface area (Å²) in [5.41, 5.74) is 2.08. The van der Waals surface area contributed by atoms with Crippen molar-refractivity contribution in [2.45, 2.75) is 6.54 Å². The van der Waals surface area contributed by atoms with Gasteiger partial charge in [-0.1, -0.05) is 40.9 Å². The molecule has 0 spiro atoms. The molecule has 0 atom stereocenters. The van der Waals surface area contributed by atoms with Gasteiger partial charge in [0.15, 0.2) is 0 Å². The molecule has 5 heteroatoms. The molecule has 0 radical (unpaired) electrons. The van der Waals surface area contributed by atoms with E-state index in [9.17, 15) is 0 Å². The van der Waals surface area contributed by atoms with Crippen molar-refractivity contribution in [3.8, 4) is 6.07 Å². The van der Waals surface area contributed by atoms with Gasteiger partial charge in [-0.15, -0.1) is 0 Å². The summed E-state index contributed by atoms with van der Waals surface area (Å²) in [6.45, 7) is 0.487. The molecule has 0 saturated carbocycles. The molecule has 0 saturated heterocycles. The van der Waals surface area contributed by atoms with Crippen LogP contribution >= 0.6 is 34.8 Å². The number of benzene rings is 2. The molecule has 0 aliphatic carbocycles. The first-order valence-electron chi connectivity index (χ1n) is 5.48. The number of hydrogen-bond acceptors (Lipinski definition) is 2. The van der Waals surface area contributed by atoms with Crippen LogP contribution in [0.3, 0.4) is 0 Å². The monoisotopic (exact) mass is 310 g/mol. The van der Waals surface area contributed by atoms with Gasteiger partial charge in [0, 0.05) is 27.8 Å². The molecular formula is C14H9Cl3N2. The minimum Gasteiger partial charge on any atom is -0.381 e. The molecule has 19 heavy (non-hydrogen) atoms. The van der Waals surface area contributed by atoms with Gasteiger partial charge in [0.05, 0.1) is 10.6 Å². The fourth-order valence-corrected chi connectivity index (χ4v) is 2.36. The van der Waals surface area contributed by atoms with Gasteiger partial charge in [-0.25, -0.2) is 0 Å². The zero-order valence-corrected chi connectivity index (χ0v) is 12.0. The standard InChI is InChI=1S/C14H9Cl3N2/c15-12-2-1-3-13(16)11(12)8-19-10-5-4-9(7-18)14(17)6-10/h1-6,19H,8H2. The van der Waals surface area contributed by atoms with E-state index in [0.717, 1.165) is 11.3 Å². The van der Waals surface area contributed by atoms with Crippen LogP contribution in [0.15, 0.2) is 36.4 Å². The first kappa shape index (κ1) is 14.0. The lowest BCUT2D eigenvalue weighted by molar-refractivity contribution is 1.15. The van der Waals surface area contributed by atoms with E-state index in [1.165, 1.54) is 0 Å². The SMILES string of the molecule is N#Cc1ccc(NCc2c(Cl)cccc2Cl)cc1Cl. The molecule has 0 aliphatic rings. The Morgan fingerprint density at radius 3 is 2.26 bits per heavy atom. The Balaban J connectivity index is 2.15. The zero-order valence-electron chi connectivity index (χ0n) is 9.75. The van der Waals surface area contributed by atoms with Gasteiger partial charge in [0.1, 0.15) is 6.07 Å². The number of rotatable bonds is 3. The summed E-state index contributed by atoms with van der Waals surface area (Å²) in [6, 6.07) is 12.5. The average Bonchev–Trinajstić information content (AvgIpc) is 2.38. The summed E-state index contributed by atoms with van der Waals surface area (Å²) in [7, 11) is 0. The van der Waals surface area contributed by atoms with Crippen LogP contribution in [-0.4, -0.2) is 0 Å². The van der Waals surface area contributed by atoms with Crippen LogP contribution in [0.1, 0.15) is 11.1 Å². The number of halogens is 3. The maximum Gasteiger partial charge on any atom is 0.101 e. The van der Waals surface area contributed by atoms with Crippen LogP contribution in [0.25, 0.3) is 0 Å². The Hall–Kier alpha value is -1.40. The maximum atomic E-state index is 8.80. The molecule has 0 unspecified atom stereocenters. The van der Waals surface area contributed by atoms with Crippen LogP contribution in [-0.2, 0) is 6.54 Å². The molecule has 96 valence electrons. The van der Waals surface area contributed by atoms with E-state index in [1.807, 2.05) is 6.07 Å². The third-order valence-electron chi connectivity index (χ3n) is 2.62. The molecule has 0 aromatic heterocycles. The second-order valence-electron chi connectivity index (χ2n) is 3.86. The van der Waals surface area contributed by atoms with Crippen LogP contribution in [0.4, 0.5) is 5.69 Å². The van der Waals surface area contributed by atoms with Crippen molar-refractivity contribution in [1.29, 1.82) is 5.26 Å². The molecule has 2 aromatic rings. The topological polar surface area (TPSA) is 35.8 Å². The van der Waals surface area contributed by atoms with E-state index in [4.69, 9.17) is 40.1 Å². The minimum absolute atomic E-state index is 0.415. The predicted molar refractivity (Wildman–Crippen MR) is 80.0 cm³/mol. The molecule has 0 aliphatic heterocycles. The van der Waals surface area contributed by atoms with Crippen molar-refractivity contribution >= 4 is 40.5 Å². The van der Waals surface area contributed by atoms with E-state index in [-0.39, 0.29) is 0 Å². The third kappa shape index (κ3) is 3.33. The van der Waals surface area contributed by atoms with Gasteiger partial charge in [-0.05, 0) is 30.3 Å². The van der Waals surface area contributed by atoms with Gasteiger partial charge in [0.25, 0.3) is 0 Å². The second kappa shape index (κ2) is 6.16. The second-order valence-corrected chi connectivity index (χ2v) is 5.08. The van der Waals surface area contributed by atoms with Crippen molar-refractivity contribution in [2.24, 2.45) is 0 Å². The van der Waals surface area contributed by atoms with Crippen LogP contribution < -0.4 is 5.32 Å². The molecule has 2 nitrogen and oxygen atoms in total. The summed E-state index contributed by atoms with van der Waals surface area (Å²) in [5.74, 6) is 0. The number of nitriles is 1. The molecule has 0 amide bonds. The highest BCUT2D eigenvalue weighted by Crippen LogP contribution is 2.26. The summed E-state index contributed by atoms with van der Waals surface area (Å²) >= 11 is 18.1. The van der Waals surface area contributed by atoms with Gasteiger partial charge >= 0.3 is 0 Å². The highest BCUT2D eigenvalue weighted by Gasteiger charge is 2.06. The van der Waals surface area contributed by atoms with Crippen molar-refractivity contribution in [3.63, 3.8) is 0 Å². The van der Waals surface area contributed by atoms with Crippen LogP contribution in [0.5, 0.6) is 0 Å². The molecular weight excluding hydrogens is 303 g/mol. The first-order valence-corrected chi connectivity index (χ1v) is 6.61. The van der Waals surface area contributed by atoms with E-state index in [1.54, 1.807) is 36.4 Å². The Bertz CT molecular complexity index is 627. The summed E-state index contributed by atoms with van der Waals surface area (Å²) in [6.07, 6.45) is 0.